The second kappa shape index (κ2) is 7.94. The molecule has 0 radical (unpaired) electrons. The minimum Gasteiger partial charge on any atom is -0.329 e. The first-order chi connectivity index (χ1) is 15.7. The Morgan fingerprint density at radius 3 is 2.64 bits per heavy atom. The van der Waals surface area contributed by atoms with Crippen molar-refractivity contribution in [2.45, 2.75) is 36.6 Å². The number of sulfone groups is 1. The van der Waals surface area contributed by atoms with Crippen LogP contribution in [0.1, 0.15) is 30.7 Å². The Bertz CT molecular complexity index is 1390. The van der Waals surface area contributed by atoms with Crippen LogP contribution in [0.2, 0.25) is 0 Å². The third-order valence-electron chi connectivity index (χ3n) is 5.74. The average Bonchev–Trinajstić information content (AvgIpc) is 3.34. The molecule has 1 aliphatic carbocycles. The second-order valence-corrected chi connectivity index (χ2v) is 10.4. The predicted molar refractivity (Wildman–Crippen MR) is 114 cm³/mol. The van der Waals surface area contributed by atoms with E-state index in [0.717, 1.165) is 17.3 Å². The number of hydrogen-bond acceptors (Lipinski definition) is 6. The van der Waals surface area contributed by atoms with Crippen molar-refractivity contribution in [1.29, 1.82) is 0 Å². The van der Waals surface area contributed by atoms with Crippen molar-refractivity contribution in [3.63, 3.8) is 0 Å². The van der Waals surface area contributed by atoms with E-state index in [-0.39, 0.29) is 5.56 Å². The molecule has 8 nitrogen and oxygen atoms in total. The number of hydrogen-bond donors (Lipinski definition) is 1. The molecule has 4 aromatic rings. The smallest absolute Gasteiger partial charge is 0.329 e. The van der Waals surface area contributed by atoms with Gasteiger partial charge in [0.25, 0.3) is 0 Å². The summed E-state index contributed by atoms with van der Waals surface area (Å²) in [5.41, 5.74) is 2.79. The zero-order valence-corrected chi connectivity index (χ0v) is 18.0. The van der Waals surface area contributed by atoms with Gasteiger partial charge in [0.05, 0.1) is 29.4 Å². The fraction of sp³-hybridized carbons (Fsp3) is 0.333. The van der Waals surface area contributed by atoms with E-state index in [1.807, 2.05) is 0 Å². The van der Waals surface area contributed by atoms with E-state index in [1.54, 1.807) is 31.0 Å². The third-order valence-corrected chi connectivity index (χ3v) is 8.03. The second-order valence-electron chi connectivity index (χ2n) is 8.03. The lowest BCUT2D eigenvalue weighted by Gasteiger charge is -2.20. The van der Waals surface area contributed by atoms with Gasteiger partial charge in [-0.3, -0.25) is 0 Å². The van der Waals surface area contributed by atoms with Gasteiger partial charge in [0.15, 0.2) is 21.3 Å². The Kier molecular flexibility index (Phi) is 5.19. The van der Waals surface area contributed by atoms with Crippen LogP contribution in [0, 0.1) is 0 Å². The number of nitrogens with one attached hydrogen (secondary N) is 1. The topological polar surface area (TPSA) is 106 Å². The largest absolute Gasteiger partial charge is 0.395 e. The zero-order valence-electron chi connectivity index (χ0n) is 17.2. The number of alkyl halides is 3. The van der Waals surface area contributed by atoms with E-state index < -0.39 is 39.4 Å². The molecule has 0 spiro atoms. The predicted octanol–water partition coefficient (Wildman–Crippen LogP) is 3.82. The average molecular weight is 476 g/mol. The number of imidazole rings is 1. The third kappa shape index (κ3) is 4.34. The molecule has 1 N–H and O–H groups in total. The molecule has 1 fully saturated rings. The van der Waals surface area contributed by atoms with Gasteiger partial charge in [-0.2, -0.15) is 18.3 Å². The molecule has 4 aromatic heterocycles. The highest BCUT2D eigenvalue weighted by atomic mass is 32.2. The number of H-pyrrole nitrogens is 1. The van der Waals surface area contributed by atoms with Gasteiger partial charge in [0.2, 0.25) is 0 Å². The summed E-state index contributed by atoms with van der Waals surface area (Å²) in [6, 6.07) is 4.56. The molecule has 33 heavy (non-hydrogen) atoms. The van der Waals surface area contributed by atoms with E-state index in [0.29, 0.717) is 29.8 Å². The van der Waals surface area contributed by atoms with Crippen LogP contribution in [0.3, 0.4) is 0 Å². The van der Waals surface area contributed by atoms with Gasteiger partial charge in [-0.1, -0.05) is 6.07 Å². The molecule has 0 unspecified atom stereocenters. The number of fused-ring (bicyclic) bond motifs is 1. The maximum absolute atomic E-state index is 13.7. The molecule has 0 saturated heterocycles. The Balaban J connectivity index is 1.38. The molecule has 12 heteroatoms. The SMILES string of the molecule is O=S(=O)(CC[C@@H](c1ccc(-n2cc(-c3ccnc4[nH]cnc34)cn2)nc1)C(F)(F)F)C1CC1. The minimum atomic E-state index is -4.57. The lowest BCUT2D eigenvalue weighted by Crippen LogP contribution is -2.25. The van der Waals surface area contributed by atoms with Crippen LogP contribution < -0.4 is 0 Å². The molecule has 0 aromatic carbocycles. The lowest BCUT2D eigenvalue weighted by molar-refractivity contribution is -0.150. The Hall–Kier alpha value is -3.28. The Morgan fingerprint density at radius 2 is 1.94 bits per heavy atom. The van der Waals surface area contributed by atoms with Crippen molar-refractivity contribution in [2.24, 2.45) is 0 Å². The van der Waals surface area contributed by atoms with Crippen molar-refractivity contribution in [3.8, 4) is 16.9 Å². The van der Waals surface area contributed by atoms with Crippen LogP contribution in [0.4, 0.5) is 13.2 Å². The van der Waals surface area contributed by atoms with Gasteiger partial charge in [0, 0.05) is 29.7 Å². The van der Waals surface area contributed by atoms with Gasteiger partial charge in [-0.25, -0.2) is 28.1 Å². The summed E-state index contributed by atoms with van der Waals surface area (Å²) in [6.07, 6.45) is 3.61. The molecule has 5 rings (SSSR count). The first-order valence-corrected chi connectivity index (χ1v) is 12.0. The standard InChI is InChI=1S/C21H19F3N6O2S/c22-21(23,24)17(6-8-33(31,32)15-2-3-15)13-1-4-18(26-9-13)30-11-14(10-29-30)16-5-7-25-20-19(16)27-12-28-20/h1,4-5,7,9-12,15,17H,2-3,6,8H2,(H,25,27,28)/t17-/m0/s1. The maximum atomic E-state index is 13.7. The molecule has 1 saturated carbocycles. The van der Waals surface area contributed by atoms with Gasteiger partial charge in [0.1, 0.15) is 5.52 Å². The lowest BCUT2D eigenvalue weighted by atomic mass is 9.97. The summed E-state index contributed by atoms with van der Waals surface area (Å²) in [6.45, 7) is 0. The van der Waals surface area contributed by atoms with Crippen molar-refractivity contribution in [2.75, 3.05) is 5.75 Å². The summed E-state index contributed by atoms with van der Waals surface area (Å²) in [4.78, 5) is 15.5. The van der Waals surface area contributed by atoms with Gasteiger partial charge < -0.3 is 4.98 Å². The Morgan fingerprint density at radius 1 is 1.12 bits per heavy atom. The number of halogens is 3. The summed E-state index contributed by atoms with van der Waals surface area (Å²) < 4.78 is 66.6. The van der Waals surface area contributed by atoms with Gasteiger partial charge in [-0.15, -0.1) is 0 Å². The van der Waals surface area contributed by atoms with Crippen LogP contribution in [-0.4, -0.2) is 55.3 Å². The summed E-state index contributed by atoms with van der Waals surface area (Å²) in [7, 11) is -3.48. The van der Waals surface area contributed by atoms with Crippen LogP contribution >= 0.6 is 0 Å². The van der Waals surface area contributed by atoms with Gasteiger partial charge >= 0.3 is 6.18 Å². The normalized spacial score (nSPS) is 15.7. The van der Waals surface area contributed by atoms with E-state index in [9.17, 15) is 21.6 Å². The van der Waals surface area contributed by atoms with Crippen LogP contribution in [0.25, 0.3) is 28.1 Å². The van der Waals surface area contributed by atoms with E-state index in [2.05, 4.69) is 25.0 Å². The summed E-state index contributed by atoms with van der Waals surface area (Å²) in [5, 5.41) is 3.78. The van der Waals surface area contributed by atoms with E-state index in [4.69, 9.17) is 0 Å². The summed E-state index contributed by atoms with van der Waals surface area (Å²) in [5.74, 6) is -2.05. The first-order valence-electron chi connectivity index (χ1n) is 10.3. The van der Waals surface area contributed by atoms with Crippen molar-refractivity contribution < 1.29 is 21.6 Å². The number of aromatic nitrogens is 6. The number of nitrogens with zero attached hydrogens (tertiary/aromatic N) is 5. The van der Waals surface area contributed by atoms with Crippen molar-refractivity contribution in [1.82, 2.24) is 29.7 Å². The zero-order chi connectivity index (χ0) is 23.2. The fourth-order valence-corrected chi connectivity index (χ4v) is 5.55. The molecule has 0 aliphatic heterocycles. The summed E-state index contributed by atoms with van der Waals surface area (Å²) >= 11 is 0. The monoisotopic (exact) mass is 476 g/mol. The minimum absolute atomic E-state index is 0.0722. The molecule has 172 valence electrons. The highest BCUT2D eigenvalue weighted by molar-refractivity contribution is 7.92. The van der Waals surface area contributed by atoms with Crippen LogP contribution in [-0.2, 0) is 9.84 Å². The number of aromatic amines is 1. The van der Waals surface area contributed by atoms with Crippen molar-refractivity contribution >= 4 is 21.0 Å². The highest BCUT2D eigenvalue weighted by Crippen LogP contribution is 2.39. The van der Waals surface area contributed by atoms with Crippen molar-refractivity contribution in [3.05, 3.63) is 54.9 Å². The molecular formula is C21H19F3N6O2S. The Labute approximate surface area is 186 Å². The molecule has 1 atom stereocenters. The molecule has 4 heterocycles. The van der Waals surface area contributed by atoms with Gasteiger partial charge in [-0.05, 0) is 37.0 Å². The highest BCUT2D eigenvalue weighted by Gasteiger charge is 2.43. The maximum Gasteiger partial charge on any atom is 0.395 e. The molecule has 1 aliphatic rings. The number of pyridine rings is 2. The molecular weight excluding hydrogens is 457 g/mol. The number of rotatable bonds is 7. The van der Waals surface area contributed by atoms with Crippen LogP contribution in [0.5, 0.6) is 0 Å². The quantitative estimate of drug-likeness (QED) is 0.435. The molecule has 0 amide bonds. The van der Waals surface area contributed by atoms with Crippen LogP contribution in [0.15, 0.2) is 49.3 Å². The van der Waals surface area contributed by atoms with E-state index in [1.165, 1.54) is 16.8 Å². The molecule has 0 bridgehead atoms. The fourth-order valence-electron chi connectivity index (χ4n) is 3.80. The first kappa shape index (κ1) is 21.6. The van der Waals surface area contributed by atoms with E-state index >= 15 is 0 Å².